The first kappa shape index (κ1) is 9.71. The standard InChI is InChI=1S/C6H10O2.C3H6O/c1-2-3-7-4-6-5-8-6;1-3-2-4-3/h2,6H,1,3-5H2;3H,2H2,1H3. The van der Waals surface area contributed by atoms with E-state index >= 15 is 0 Å². The molecular formula is C9H16O3. The van der Waals surface area contributed by atoms with Crippen LogP contribution in [0.2, 0.25) is 0 Å². The van der Waals surface area contributed by atoms with Crippen LogP contribution in [0.25, 0.3) is 0 Å². The fourth-order valence-corrected chi connectivity index (χ4v) is 0.543. The predicted molar refractivity (Wildman–Crippen MR) is 46.2 cm³/mol. The first-order chi connectivity index (χ1) is 5.83. The van der Waals surface area contributed by atoms with E-state index in [-0.39, 0.29) is 0 Å². The molecule has 70 valence electrons. The van der Waals surface area contributed by atoms with Crippen LogP contribution in [0.1, 0.15) is 6.92 Å². The van der Waals surface area contributed by atoms with Gasteiger partial charge in [-0.3, -0.25) is 0 Å². The van der Waals surface area contributed by atoms with Crippen LogP contribution in [0.5, 0.6) is 0 Å². The molecule has 0 bridgehead atoms. The molecule has 2 rings (SSSR count). The maximum absolute atomic E-state index is 5.06. The number of rotatable bonds is 4. The van der Waals surface area contributed by atoms with Crippen molar-refractivity contribution in [1.29, 1.82) is 0 Å². The highest BCUT2D eigenvalue weighted by Crippen LogP contribution is 2.07. The monoisotopic (exact) mass is 172 g/mol. The molecule has 0 aliphatic carbocycles. The van der Waals surface area contributed by atoms with Gasteiger partial charge in [0.25, 0.3) is 0 Å². The molecule has 0 radical (unpaired) electrons. The Labute approximate surface area is 73.3 Å². The summed E-state index contributed by atoms with van der Waals surface area (Å²) in [5.74, 6) is 0. The summed E-state index contributed by atoms with van der Waals surface area (Å²) in [5, 5.41) is 0. The minimum absolute atomic E-state index is 0.384. The summed E-state index contributed by atoms with van der Waals surface area (Å²) in [5.41, 5.74) is 0. The highest BCUT2D eigenvalue weighted by Gasteiger charge is 2.21. The molecule has 2 atom stereocenters. The normalized spacial score (nSPS) is 30.1. The van der Waals surface area contributed by atoms with E-state index in [1.165, 1.54) is 0 Å². The van der Waals surface area contributed by atoms with Crippen molar-refractivity contribution in [1.82, 2.24) is 0 Å². The summed E-state index contributed by atoms with van der Waals surface area (Å²) < 4.78 is 14.7. The quantitative estimate of drug-likeness (QED) is 0.360. The van der Waals surface area contributed by atoms with Crippen molar-refractivity contribution < 1.29 is 14.2 Å². The van der Waals surface area contributed by atoms with E-state index in [9.17, 15) is 0 Å². The lowest BCUT2D eigenvalue weighted by molar-refractivity contribution is 0.141. The maximum Gasteiger partial charge on any atom is 0.104 e. The van der Waals surface area contributed by atoms with Crippen molar-refractivity contribution in [3.8, 4) is 0 Å². The zero-order valence-electron chi connectivity index (χ0n) is 7.49. The molecule has 0 amide bonds. The SMILES string of the molecule is C=CCOCC1CO1.CC1CO1. The Bertz CT molecular complexity index is 128. The van der Waals surface area contributed by atoms with Crippen molar-refractivity contribution in [2.24, 2.45) is 0 Å². The molecule has 0 aromatic carbocycles. The van der Waals surface area contributed by atoms with Gasteiger partial charge in [0.1, 0.15) is 6.10 Å². The van der Waals surface area contributed by atoms with E-state index in [0.29, 0.717) is 18.8 Å². The highest BCUT2D eigenvalue weighted by atomic mass is 16.6. The Morgan fingerprint density at radius 1 is 1.50 bits per heavy atom. The van der Waals surface area contributed by atoms with Gasteiger partial charge in [-0.05, 0) is 6.92 Å². The molecule has 0 N–H and O–H groups in total. The summed E-state index contributed by atoms with van der Waals surface area (Å²) >= 11 is 0. The molecule has 12 heavy (non-hydrogen) atoms. The minimum Gasteiger partial charge on any atom is -0.375 e. The molecule has 3 nitrogen and oxygen atoms in total. The average Bonchev–Trinajstić information content (AvgIpc) is 2.88. The van der Waals surface area contributed by atoms with Crippen molar-refractivity contribution in [2.45, 2.75) is 19.1 Å². The number of hydrogen-bond acceptors (Lipinski definition) is 3. The van der Waals surface area contributed by atoms with E-state index < -0.39 is 0 Å². The van der Waals surface area contributed by atoms with Crippen LogP contribution in [-0.2, 0) is 14.2 Å². The molecule has 0 aromatic heterocycles. The lowest BCUT2D eigenvalue weighted by atomic mass is 10.5. The second kappa shape index (κ2) is 5.30. The van der Waals surface area contributed by atoms with Crippen molar-refractivity contribution in [2.75, 3.05) is 26.4 Å². The van der Waals surface area contributed by atoms with E-state index in [0.717, 1.165) is 19.8 Å². The summed E-state index contributed by atoms with van der Waals surface area (Å²) in [6.07, 6.45) is 2.71. The summed E-state index contributed by atoms with van der Waals surface area (Å²) in [6, 6.07) is 0. The fourth-order valence-electron chi connectivity index (χ4n) is 0.543. The van der Waals surface area contributed by atoms with Crippen molar-refractivity contribution >= 4 is 0 Å². The van der Waals surface area contributed by atoms with Crippen LogP contribution in [0.3, 0.4) is 0 Å². The second-order valence-electron chi connectivity index (χ2n) is 2.93. The predicted octanol–water partition coefficient (Wildman–Crippen LogP) is 0.993. The van der Waals surface area contributed by atoms with Gasteiger partial charge in [-0.1, -0.05) is 6.08 Å². The fraction of sp³-hybridized carbons (Fsp3) is 0.778. The van der Waals surface area contributed by atoms with E-state index in [1.807, 2.05) is 0 Å². The zero-order valence-corrected chi connectivity index (χ0v) is 7.49. The molecule has 2 unspecified atom stereocenters. The topological polar surface area (TPSA) is 34.3 Å². The molecule has 3 heteroatoms. The zero-order chi connectivity index (χ0) is 8.81. The van der Waals surface area contributed by atoms with E-state index in [4.69, 9.17) is 14.2 Å². The third-order valence-electron chi connectivity index (χ3n) is 1.44. The van der Waals surface area contributed by atoms with Gasteiger partial charge < -0.3 is 14.2 Å². The van der Waals surface area contributed by atoms with Gasteiger partial charge in [0.15, 0.2) is 0 Å². The molecule has 0 saturated carbocycles. The summed E-state index contributed by atoms with van der Waals surface area (Å²) in [7, 11) is 0. The van der Waals surface area contributed by atoms with Gasteiger partial charge in [0, 0.05) is 0 Å². The molecule has 2 saturated heterocycles. The molecule has 0 spiro atoms. The summed E-state index contributed by atoms with van der Waals surface area (Å²) in [4.78, 5) is 0. The Kier molecular flexibility index (Phi) is 4.29. The highest BCUT2D eigenvalue weighted by molar-refractivity contribution is 4.70. The van der Waals surface area contributed by atoms with Gasteiger partial charge in [-0.2, -0.15) is 0 Å². The van der Waals surface area contributed by atoms with Crippen LogP contribution >= 0.6 is 0 Å². The van der Waals surface area contributed by atoms with Crippen LogP contribution in [0.4, 0.5) is 0 Å². The Morgan fingerprint density at radius 2 is 2.08 bits per heavy atom. The maximum atomic E-state index is 5.06. The third kappa shape index (κ3) is 6.34. The van der Waals surface area contributed by atoms with E-state index in [2.05, 4.69) is 13.5 Å². The first-order valence-corrected chi connectivity index (χ1v) is 4.24. The van der Waals surface area contributed by atoms with Crippen LogP contribution in [-0.4, -0.2) is 38.6 Å². The van der Waals surface area contributed by atoms with Gasteiger partial charge in [-0.15, -0.1) is 6.58 Å². The molecular weight excluding hydrogens is 156 g/mol. The number of ether oxygens (including phenoxy) is 3. The second-order valence-corrected chi connectivity index (χ2v) is 2.93. The minimum atomic E-state index is 0.384. The van der Waals surface area contributed by atoms with Crippen molar-refractivity contribution in [3.05, 3.63) is 12.7 Å². The average molecular weight is 172 g/mol. The largest absolute Gasteiger partial charge is 0.375 e. The Hall–Kier alpha value is -0.380. The summed E-state index contributed by atoms with van der Waals surface area (Å²) in [6.45, 7) is 8.79. The van der Waals surface area contributed by atoms with Crippen LogP contribution < -0.4 is 0 Å². The lowest BCUT2D eigenvalue weighted by Gasteiger charge is -1.92. The Balaban J connectivity index is 0.000000150. The number of hydrogen-bond donors (Lipinski definition) is 0. The molecule has 2 aliphatic heterocycles. The van der Waals surface area contributed by atoms with Gasteiger partial charge in [0.05, 0.1) is 32.5 Å². The van der Waals surface area contributed by atoms with Crippen LogP contribution in [0.15, 0.2) is 12.7 Å². The molecule has 2 heterocycles. The van der Waals surface area contributed by atoms with Gasteiger partial charge >= 0.3 is 0 Å². The first-order valence-electron chi connectivity index (χ1n) is 4.24. The van der Waals surface area contributed by atoms with Crippen LogP contribution in [0, 0.1) is 0 Å². The Morgan fingerprint density at radius 3 is 2.42 bits per heavy atom. The molecule has 0 aromatic rings. The number of epoxide rings is 2. The van der Waals surface area contributed by atoms with Crippen molar-refractivity contribution in [3.63, 3.8) is 0 Å². The van der Waals surface area contributed by atoms with Gasteiger partial charge in [0.2, 0.25) is 0 Å². The third-order valence-corrected chi connectivity index (χ3v) is 1.44. The van der Waals surface area contributed by atoms with Gasteiger partial charge in [-0.25, -0.2) is 0 Å². The van der Waals surface area contributed by atoms with E-state index in [1.54, 1.807) is 6.08 Å². The molecule has 2 fully saturated rings. The smallest absolute Gasteiger partial charge is 0.104 e. The molecule has 2 aliphatic rings. The lowest BCUT2D eigenvalue weighted by Crippen LogP contribution is -2.00.